The molecule has 2 aromatic carbocycles. The Morgan fingerprint density at radius 3 is 2.61 bits per heavy atom. The highest BCUT2D eigenvalue weighted by molar-refractivity contribution is 7.19. The molecule has 6 heteroatoms. The molecule has 0 saturated carbocycles. The third kappa shape index (κ3) is 3.37. The molecule has 0 amide bonds. The molecule has 28 heavy (non-hydrogen) atoms. The standard InChI is InChI=1S/C22H18Cl2N2OS/c1-12-4-5-13(2)17(8-12)19-14(3)28-21-20(19)22(27)26(11-25-21)10-15-6-7-16(23)9-18(15)24/h4-9,11H,10H2,1-3H3. The molecule has 0 radical (unpaired) electrons. The van der Waals surface area contributed by atoms with Crippen LogP contribution in [0, 0.1) is 20.8 Å². The Kier molecular flexibility index (Phi) is 5.04. The van der Waals surface area contributed by atoms with Crippen LogP contribution in [0.25, 0.3) is 21.3 Å². The summed E-state index contributed by atoms with van der Waals surface area (Å²) in [6.45, 7) is 6.52. The minimum atomic E-state index is -0.0590. The van der Waals surface area contributed by atoms with Gasteiger partial charge < -0.3 is 0 Å². The van der Waals surface area contributed by atoms with Gasteiger partial charge in [-0.15, -0.1) is 11.3 Å². The maximum absolute atomic E-state index is 13.4. The summed E-state index contributed by atoms with van der Waals surface area (Å²) in [7, 11) is 0. The summed E-state index contributed by atoms with van der Waals surface area (Å²) in [4.78, 5) is 19.8. The van der Waals surface area contributed by atoms with Gasteiger partial charge in [0.1, 0.15) is 4.83 Å². The number of hydrogen-bond donors (Lipinski definition) is 0. The lowest BCUT2D eigenvalue weighted by molar-refractivity contribution is 0.749. The van der Waals surface area contributed by atoms with E-state index < -0.39 is 0 Å². The van der Waals surface area contributed by atoms with Crippen LogP contribution < -0.4 is 5.56 Å². The first-order valence-electron chi connectivity index (χ1n) is 8.85. The molecule has 0 fully saturated rings. The largest absolute Gasteiger partial charge is 0.294 e. The van der Waals surface area contributed by atoms with Gasteiger partial charge in [0, 0.05) is 20.5 Å². The van der Waals surface area contributed by atoms with E-state index in [4.69, 9.17) is 23.2 Å². The van der Waals surface area contributed by atoms with Gasteiger partial charge in [-0.25, -0.2) is 4.98 Å². The minimum Gasteiger partial charge on any atom is -0.294 e. The van der Waals surface area contributed by atoms with E-state index in [0.717, 1.165) is 37.5 Å². The molecule has 0 atom stereocenters. The summed E-state index contributed by atoms with van der Waals surface area (Å²) in [5.41, 5.74) is 5.14. The van der Waals surface area contributed by atoms with Crippen molar-refractivity contribution in [2.45, 2.75) is 27.3 Å². The second-order valence-electron chi connectivity index (χ2n) is 6.95. The first-order valence-corrected chi connectivity index (χ1v) is 10.4. The van der Waals surface area contributed by atoms with Crippen LogP contribution in [0.5, 0.6) is 0 Å². The molecule has 0 saturated heterocycles. The number of hydrogen-bond acceptors (Lipinski definition) is 3. The van der Waals surface area contributed by atoms with Crippen LogP contribution in [0.2, 0.25) is 10.0 Å². The predicted molar refractivity (Wildman–Crippen MR) is 119 cm³/mol. The fourth-order valence-electron chi connectivity index (χ4n) is 3.41. The van der Waals surface area contributed by atoms with Crippen LogP contribution in [0.4, 0.5) is 0 Å². The van der Waals surface area contributed by atoms with Gasteiger partial charge in [-0.1, -0.05) is 53.0 Å². The smallest absolute Gasteiger partial charge is 0.263 e. The van der Waals surface area contributed by atoms with E-state index in [0.29, 0.717) is 22.0 Å². The van der Waals surface area contributed by atoms with Crippen molar-refractivity contribution < 1.29 is 0 Å². The SMILES string of the molecule is Cc1ccc(C)c(-c2c(C)sc3ncn(Cc4ccc(Cl)cc4Cl)c(=O)c23)c1. The molecule has 0 aliphatic carbocycles. The van der Waals surface area contributed by atoms with Crippen LogP contribution in [0.15, 0.2) is 47.5 Å². The minimum absolute atomic E-state index is 0.0590. The Morgan fingerprint density at radius 1 is 1.07 bits per heavy atom. The van der Waals surface area contributed by atoms with Crippen LogP contribution in [-0.2, 0) is 6.54 Å². The van der Waals surface area contributed by atoms with Crippen LogP contribution in [0.1, 0.15) is 21.6 Å². The summed E-state index contributed by atoms with van der Waals surface area (Å²) < 4.78 is 1.61. The molecule has 0 bridgehead atoms. The van der Waals surface area contributed by atoms with E-state index in [2.05, 4.69) is 37.0 Å². The summed E-state index contributed by atoms with van der Waals surface area (Å²) in [6.07, 6.45) is 1.60. The molecule has 0 aliphatic heterocycles. The average molecular weight is 429 g/mol. The maximum Gasteiger partial charge on any atom is 0.263 e. The molecule has 2 aromatic heterocycles. The highest BCUT2D eigenvalue weighted by Crippen LogP contribution is 2.37. The maximum atomic E-state index is 13.4. The molecule has 0 spiro atoms. The Balaban J connectivity index is 1.92. The molecule has 0 N–H and O–H groups in total. The van der Waals surface area contributed by atoms with Gasteiger partial charge in [-0.05, 0) is 49.6 Å². The molecule has 0 aliphatic rings. The van der Waals surface area contributed by atoms with Crippen molar-refractivity contribution >= 4 is 44.8 Å². The predicted octanol–water partition coefficient (Wildman–Crippen LogP) is 6.41. The van der Waals surface area contributed by atoms with Gasteiger partial charge in [0.05, 0.1) is 18.3 Å². The lowest BCUT2D eigenvalue weighted by Gasteiger charge is -2.10. The summed E-state index contributed by atoms with van der Waals surface area (Å²) in [5.74, 6) is 0. The Labute approximate surface area is 177 Å². The first-order chi connectivity index (χ1) is 13.3. The molecule has 142 valence electrons. The fraction of sp³-hybridized carbons (Fsp3) is 0.182. The highest BCUT2D eigenvalue weighted by atomic mass is 35.5. The summed E-state index contributed by atoms with van der Waals surface area (Å²) in [6, 6.07) is 11.6. The summed E-state index contributed by atoms with van der Waals surface area (Å²) >= 11 is 13.8. The Morgan fingerprint density at radius 2 is 1.86 bits per heavy atom. The van der Waals surface area contributed by atoms with Crippen molar-refractivity contribution in [2.75, 3.05) is 0 Å². The quantitative estimate of drug-likeness (QED) is 0.377. The number of fused-ring (bicyclic) bond motifs is 1. The number of aromatic nitrogens is 2. The van der Waals surface area contributed by atoms with Gasteiger partial charge in [0.25, 0.3) is 5.56 Å². The van der Waals surface area contributed by atoms with Crippen LogP contribution in [-0.4, -0.2) is 9.55 Å². The number of thiophene rings is 1. The lowest BCUT2D eigenvalue weighted by atomic mass is 9.97. The molecule has 0 unspecified atom stereocenters. The third-order valence-electron chi connectivity index (χ3n) is 4.87. The average Bonchev–Trinajstić information content (AvgIpc) is 2.98. The number of halogens is 2. The van der Waals surface area contributed by atoms with Gasteiger partial charge in [0.2, 0.25) is 0 Å². The summed E-state index contributed by atoms with van der Waals surface area (Å²) in [5, 5.41) is 1.78. The van der Waals surface area contributed by atoms with Crippen molar-refractivity contribution in [3.63, 3.8) is 0 Å². The zero-order chi connectivity index (χ0) is 20.0. The molecule has 4 rings (SSSR count). The number of rotatable bonds is 3. The van der Waals surface area contributed by atoms with Crippen LogP contribution in [0.3, 0.4) is 0 Å². The van der Waals surface area contributed by atoms with E-state index in [1.54, 1.807) is 34.4 Å². The zero-order valence-electron chi connectivity index (χ0n) is 15.7. The van der Waals surface area contributed by atoms with Gasteiger partial charge >= 0.3 is 0 Å². The lowest BCUT2D eigenvalue weighted by Crippen LogP contribution is -2.21. The van der Waals surface area contributed by atoms with Crippen molar-refractivity contribution in [3.05, 3.63) is 84.7 Å². The Hall–Kier alpha value is -2.14. The molecule has 4 aromatic rings. The first kappa shape index (κ1) is 19.2. The van der Waals surface area contributed by atoms with Crippen LogP contribution >= 0.6 is 34.5 Å². The van der Waals surface area contributed by atoms with Crippen molar-refractivity contribution in [1.82, 2.24) is 9.55 Å². The fourth-order valence-corrected chi connectivity index (χ4v) is 4.88. The topological polar surface area (TPSA) is 34.9 Å². The molecular weight excluding hydrogens is 411 g/mol. The van der Waals surface area contributed by atoms with E-state index >= 15 is 0 Å². The monoisotopic (exact) mass is 428 g/mol. The number of benzene rings is 2. The Bertz CT molecular complexity index is 1270. The van der Waals surface area contributed by atoms with Gasteiger partial charge in [0.15, 0.2) is 0 Å². The molecular formula is C22H18Cl2N2OS. The third-order valence-corrected chi connectivity index (χ3v) is 6.47. The van der Waals surface area contributed by atoms with E-state index in [1.807, 2.05) is 13.0 Å². The highest BCUT2D eigenvalue weighted by Gasteiger charge is 2.18. The molecule has 3 nitrogen and oxygen atoms in total. The van der Waals surface area contributed by atoms with Gasteiger partial charge in [-0.2, -0.15) is 0 Å². The number of aryl methyl sites for hydroxylation is 3. The van der Waals surface area contributed by atoms with Gasteiger partial charge in [-0.3, -0.25) is 9.36 Å². The zero-order valence-corrected chi connectivity index (χ0v) is 18.0. The van der Waals surface area contributed by atoms with Crippen molar-refractivity contribution in [1.29, 1.82) is 0 Å². The van der Waals surface area contributed by atoms with E-state index in [9.17, 15) is 4.79 Å². The second kappa shape index (κ2) is 7.36. The molecule has 2 heterocycles. The van der Waals surface area contributed by atoms with E-state index in [-0.39, 0.29) is 5.56 Å². The second-order valence-corrected chi connectivity index (χ2v) is 8.99. The van der Waals surface area contributed by atoms with Crippen molar-refractivity contribution in [2.24, 2.45) is 0 Å². The number of nitrogens with zero attached hydrogens (tertiary/aromatic N) is 2. The van der Waals surface area contributed by atoms with Crippen molar-refractivity contribution in [3.8, 4) is 11.1 Å². The van der Waals surface area contributed by atoms with E-state index in [1.165, 1.54) is 0 Å². The normalized spacial score (nSPS) is 11.3.